The van der Waals surface area contributed by atoms with E-state index in [1.165, 1.54) is 5.56 Å². The zero-order valence-electron chi connectivity index (χ0n) is 17.4. The number of para-hydroxylation sites is 1. The molecule has 30 heavy (non-hydrogen) atoms. The average Bonchev–Trinajstić information content (AvgIpc) is 2.77. The van der Waals surface area contributed by atoms with Crippen molar-refractivity contribution in [2.24, 2.45) is 0 Å². The first-order valence-electron chi connectivity index (χ1n) is 9.84. The number of ketones is 1. The van der Waals surface area contributed by atoms with Crippen molar-refractivity contribution < 1.29 is 14.3 Å². The average molecular weight is 465 g/mol. The van der Waals surface area contributed by atoms with Crippen LogP contribution in [-0.2, 0) is 6.61 Å². The van der Waals surface area contributed by atoms with Gasteiger partial charge in [0.2, 0.25) is 0 Å². The van der Waals surface area contributed by atoms with E-state index in [4.69, 9.17) is 9.47 Å². The number of hydrogen-bond donors (Lipinski definition) is 0. The molecule has 0 aromatic heterocycles. The number of ether oxygens (including phenoxy) is 2. The number of methoxy groups -OCH3 is 1. The van der Waals surface area contributed by atoms with Crippen LogP contribution >= 0.6 is 15.9 Å². The molecule has 0 fully saturated rings. The van der Waals surface area contributed by atoms with E-state index >= 15 is 0 Å². The van der Waals surface area contributed by atoms with Gasteiger partial charge in [0, 0.05) is 11.1 Å². The highest BCUT2D eigenvalue weighted by atomic mass is 79.9. The first-order valence-corrected chi connectivity index (χ1v) is 10.6. The molecule has 0 aliphatic rings. The predicted octanol–water partition coefficient (Wildman–Crippen LogP) is 7.06. The van der Waals surface area contributed by atoms with Crippen LogP contribution in [0.3, 0.4) is 0 Å². The molecule has 0 spiro atoms. The third-order valence-corrected chi connectivity index (χ3v) is 5.47. The highest BCUT2D eigenvalue weighted by Crippen LogP contribution is 2.27. The lowest BCUT2D eigenvalue weighted by atomic mass is 10.00. The molecule has 3 rings (SSSR count). The van der Waals surface area contributed by atoms with Gasteiger partial charge in [0.1, 0.15) is 18.1 Å². The van der Waals surface area contributed by atoms with Gasteiger partial charge in [-0.15, -0.1) is 0 Å². The van der Waals surface area contributed by atoms with Crippen LogP contribution in [0.4, 0.5) is 0 Å². The molecule has 3 aromatic rings. The molecule has 0 unspecified atom stereocenters. The van der Waals surface area contributed by atoms with Crippen LogP contribution in [0, 0.1) is 0 Å². The molecule has 3 nitrogen and oxygen atoms in total. The third-order valence-electron chi connectivity index (χ3n) is 4.81. The van der Waals surface area contributed by atoms with Crippen LogP contribution < -0.4 is 9.47 Å². The van der Waals surface area contributed by atoms with Gasteiger partial charge in [-0.1, -0.05) is 62.4 Å². The Morgan fingerprint density at radius 3 is 2.40 bits per heavy atom. The van der Waals surface area contributed by atoms with Crippen molar-refractivity contribution in [2.75, 3.05) is 7.11 Å². The summed E-state index contributed by atoms with van der Waals surface area (Å²) in [6.07, 6.45) is 3.42. The summed E-state index contributed by atoms with van der Waals surface area (Å²) in [7, 11) is 1.64. The quantitative estimate of drug-likeness (QED) is 0.264. The Kier molecular flexibility index (Phi) is 7.47. The standard InChI is InChI=1S/C26H25BrO3/c1-18(2)20-10-12-21(13-11-20)24(28)14-8-19-9-15-25(29-3)22(16-19)17-30-26-7-5-4-6-23(26)27/h4-16,18H,17H2,1-3H3/b14-8+. The van der Waals surface area contributed by atoms with Gasteiger partial charge in [0.05, 0.1) is 11.6 Å². The van der Waals surface area contributed by atoms with Crippen LogP contribution in [0.25, 0.3) is 6.08 Å². The second-order valence-electron chi connectivity index (χ2n) is 7.26. The van der Waals surface area contributed by atoms with Crippen molar-refractivity contribution in [1.82, 2.24) is 0 Å². The lowest BCUT2D eigenvalue weighted by Gasteiger charge is -2.12. The molecule has 0 aliphatic heterocycles. The first-order chi connectivity index (χ1) is 14.5. The summed E-state index contributed by atoms with van der Waals surface area (Å²) in [5.41, 5.74) is 3.72. The first kappa shape index (κ1) is 21.8. The summed E-state index contributed by atoms with van der Waals surface area (Å²) in [6, 6.07) is 21.3. The van der Waals surface area contributed by atoms with Crippen LogP contribution in [0.5, 0.6) is 11.5 Å². The Morgan fingerprint density at radius 1 is 1.00 bits per heavy atom. The molecule has 0 amide bonds. The summed E-state index contributed by atoms with van der Waals surface area (Å²) in [5.74, 6) is 1.93. The molecule has 0 atom stereocenters. The molecule has 0 radical (unpaired) electrons. The summed E-state index contributed by atoms with van der Waals surface area (Å²) < 4.78 is 12.3. The van der Waals surface area contributed by atoms with E-state index < -0.39 is 0 Å². The molecule has 0 heterocycles. The topological polar surface area (TPSA) is 35.5 Å². The SMILES string of the molecule is COc1ccc(/C=C/C(=O)c2ccc(C(C)C)cc2)cc1COc1ccccc1Br. The predicted molar refractivity (Wildman–Crippen MR) is 125 cm³/mol. The summed E-state index contributed by atoms with van der Waals surface area (Å²) in [6.45, 7) is 4.63. The van der Waals surface area contributed by atoms with Gasteiger partial charge in [0.25, 0.3) is 0 Å². The van der Waals surface area contributed by atoms with E-state index in [-0.39, 0.29) is 5.78 Å². The third kappa shape index (κ3) is 5.61. The Hall–Kier alpha value is -2.85. The fourth-order valence-electron chi connectivity index (χ4n) is 3.03. The molecule has 0 N–H and O–H groups in total. The monoisotopic (exact) mass is 464 g/mol. The van der Waals surface area contributed by atoms with Gasteiger partial charge < -0.3 is 9.47 Å². The minimum absolute atomic E-state index is 0.0212. The zero-order valence-corrected chi connectivity index (χ0v) is 19.0. The van der Waals surface area contributed by atoms with Gasteiger partial charge in [-0.05, 0) is 63.3 Å². The number of carbonyl (C=O) groups is 1. The Balaban J connectivity index is 1.73. The fraction of sp³-hybridized carbons (Fsp3) is 0.192. The fourth-order valence-corrected chi connectivity index (χ4v) is 3.43. The van der Waals surface area contributed by atoms with Gasteiger partial charge in [0.15, 0.2) is 5.78 Å². The molecular weight excluding hydrogens is 440 g/mol. The van der Waals surface area contributed by atoms with Crippen LogP contribution in [0.1, 0.15) is 46.8 Å². The molecule has 154 valence electrons. The van der Waals surface area contributed by atoms with Crippen LogP contribution in [-0.4, -0.2) is 12.9 Å². The number of carbonyl (C=O) groups excluding carboxylic acids is 1. The van der Waals surface area contributed by atoms with Crippen LogP contribution in [0.2, 0.25) is 0 Å². The van der Waals surface area contributed by atoms with E-state index in [0.29, 0.717) is 18.1 Å². The van der Waals surface area contributed by atoms with Crippen molar-refractivity contribution in [3.8, 4) is 11.5 Å². The van der Waals surface area contributed by atoms with Gasteiger partial charge in [-0.25, -0.2) is 0 Å². The highest BCUT2D eigenvalue weighted by molar-refractivity contribution is 9.10. The molecule has 0 saturated carbocycles. The Labute approximate surface area is 186 Å². The van der Waals surface area contributed by atoms with Crippen molar-refractivity contribution >= 4 is 27.8 Å². The van der Waals surface area contributed by atoms with E-state index in [0.717, 1.165) is 27.1 Å². The smallest absolute Gasteiger partial charge is 0.185 e. The minimum atomic E-state index is -0.0212. The normalized spacial score (nSPS) is 11.1. The summed E-state index contributed by atoms with van der Waals surface area (Å²) in [5, 5.41) is 0. The summed E-state index contributed by atoms with van der Waals surface area (Å²) >= 11 is 3.49. The van der Waals surface area contributed by atoms with Gasteiger partial charge >= 0.3 is 0 Å². The molecule has 0 aliphatic carbocycles. The van der Waals surface area contributed by atoms with Crippen molar-refractivity contribution in [3.63, 3.8) is 0 Å². The zero-order chi connectivity index (χ0) is 21.5. The molecule has 4 heteroatoms. The number of halogens is 1. The van der Waals surface area contributed by atoms with Gasteiger partial charge in [-0.2, -0.15) is 0 Å². The number of benzene rings is 3. The maximum Gasteiger partial charge on any atom is 0.185 e. The molecular formula is C26H25BrO3. The maximum atomic E-state index is 12.5. The maximum absolute atomic E-state index is 12.5. The number of rotatable bonds is 8. The van der Waals surface area contributed by atoms with E-state index in [2.05, 4.69) is 29.8 Å². The second-order valence-corrected chi connectivity index (χ2v) is 8.12. The van der Waals surface area contributed by atoms with Crippen LogP contribution in [0.15, 0.2) is 77.3 Å². The van der Waals surface area contributed by atoms with E-state index in [9.17, 15) is 4.79 Å². The van der Waals surface area contributed by atoms with Crippen molar-refractivity contribution in [3.05, 3.63) is 99.5 Å². The minimum Gasteiger partial charge on any atom is -0.496 e. The van der Waals surface area contributed by atoms with Crippen molar-refractivity contribution in [2.45, 2.75) is 26.4 Å². The van der Waals surface area contributed by atoms with E-state index in [1.807, 2.05) is 72.8 Å². The number of hydrogen-bond acceptors (Lipinski definition) is 3. The highest BCUT2D eigenvalue weighted by Gasteiger charge is 2.08. The number of allylic oxidation sites excluding steroid dienone is 1. The molecule has 0 saturated heterocycles. The Bertz CT molecular complexity index is 1040. The summed E-state index contributed by atoms with van der Waals surface area (Å²) in [4.78, 5) is 12.5. The van der Waals surface area contributed by atoms with Gasteiger partial charge in [-0.3, -0.25) is 4.79 Å². The van der Waals surface area contributed by atoms with E-state index in [1.54, 1.807) is 13.2 Å². The molecule has 0 bridgehead atoms. The molecule has 3 aromatic carbocycles. The largest absolute Gasteiger partial charge is 0.496 e. The Morgan fingerprint density at radius 2 is 1.73 bits per heavy atom. The lowest BCUT2D eigenvalue weighted by Crippen LogP contribution is -2.00. The second kappa shape index (κ2) is 10.3. The van der Waals surface area contributed by atoms with Crippen molar-refractivity contribution in [1.29, 1.82) is 0 Å². The lowest BCUT2D eigenvalue weighted by molar-refractivity contribution is 0.104.